The molecule has 0 atom stereocenters. The van der Waals surface area contributed by atoms with Crippen molar-refractivity contribution in [1.82, 2.24) is 19.7 Å². The lowest BCUT2D eigenvalue weighted by atomic mass is 10.1. The van der Waals surface area contributed by atoms with Gasteiger partial charge in [-0.1, -0.05) is 24.3 Å². The number of methoxy groups -OCH3 is 2. The average molecular weight is 472 g/mol. The number of aromatic nitrogens is 3. The molecule has 0 bridgehead atoms. The van der Waals surface area contributed by atoms with Crippen LogP contribution in [-0.4, -0.2) is 46.4 Å². The normalized spacial score (nSPS) is 13.7. The monoisotopic (exact) mass is 472 g/mol. The van der Waals surface area contributed by atoms with Crippen LogP contribution in [0.15, 0.2) is 59.7 Å². The van der Waals surface area contributed by atoms with Crippen molar-refractivity contribution in [3.63, 3.8) is 0 Å². The van der Waals surface area contributed by atoms with Crippen LogP contribution in [0.4, 0.5) is 19.1 Å². The molecule has 1 aliphatic heterocycles. The van der Waals surface area contributed by atoms with Gasteiger partial charge in [0.2, 0.25) is 5.95 Å². The molecule has 0 amide bonds. The lowest BCUT2D eigenvalue weighted by Gasteiger charge is -2.24. The van der Waals surface area contributed by atoms with E-state index in [1.165, 1.54) is 16.8 Å². The molecule has 0 spiro atoms. The topological polar surface area (TPSA) is 90.8 Å². The molecule has 0 aliphatic carbocycles. The summed E-state index contributed by atoms with van der Waals surface area (Å²) in [5.74, 6) is 2.33. The first kappa shape index (κ1) is 23.1. The van der Waals surface area contributed by atoms with Gasteiger partial charge in [0.25, 0.3) is 0 Å². The van der Waals surface area contributed by atoms with Gasteiger partial charge in [-0.3, -0.25) is 0 Å². The molecule has 0 radical (unpaired) electrons. The number of ether oxygens (including phenoxy) is 2. The van der Waals surface area contributed by atoms with Crippen LogP contribution in [0.5, 0.6) is 11.5 Å². The number of halogens is 3. The Balaban J connectivity index is 1.51. The Bertz CT molecular complexity index is 1240. The van der Waals surface area contributed by atoms with E-state index in [0.717, 1.165) is 11.6 Å². The minimum absolute atomic E-state index is 0.0704. The number of alkyl halides is 3. The van der Waals surface area contributed by atoms with Crippen molar-refractivity contribution in [2.45, 2.75) is 19.1 Å². The molecule has 11 heteroatoms. The second kappa shape index (κ2) is 9.46. The van der Waals surface area contributed by atoms with E-state index in [9.17, 15) is 13.2 Å². The van der Waals surface area contributed by atoms with Gasteiger partial charge in [-0.25, -0.2) is 4.99 Å². The van der Waals surface area contributed by atoms with Crippen LogP contribution in [0.1, 0.15) is 22.5 Å². The fraction of sp³-hybridized carbons (Fsp3) is 0.261. The van der Waals surface area contributed by atoms with E-state index in [4.69, 9.17) is 15.2 Å². The number of nitrogens with two attached hydrogens (primary N) is 1. The number of nitrogen functional groups attached to an aromatic ring is 1. The van der Waals surface area contributed by atoms with E-state index >= 15 is 0 Å². The smallest absolute Gasteiger partial charge is 0.416 e. The zero-order chi connectivity index (χ0) is 24.3. The minimum atomic E-state index is -4.41. The van der Waals surface area contributed by atoms with Crippen molar-refractivity contribution in [2.75, 3.05) is 26.6 Å². The highest BCUT2D eigenvalue weighted by molar-refractivity contribution is 5.95. The molecule has 178 valence electrons. The zero-order valence-electron chi connectivity index (χ0n) is 18.6. The molecule has 34 heavy (non-hydrogen) atoms. The maximum absolute atomic E-state index is 13.3. The van der Waals surface area contributed by atoms with E-state index in [0.29, 0.717) is 29.6 Å². The van der Waals surface area contributed by atoms with Crippen LogP contribution in [-0.2, 0) is 19.1 Å². The summed E-state index contributed by atoms with van der Waals surface area (Å²) in [5, 5.41) is 4.24. The Kier molecular flexibility index (Phi) is 6.44. The lowest BCUT2D eigenvalue weighted by molar-refractivity contribution is -0.138. The molecule has 0 unspecified atom stereocenters. The van der Waals surface area contributed by atoms with E-state index < -0.39 is 11.7 Å². The summed E-state index contributed by atoms with van der Waals surface area (Å²) in [4.78, 5) is 10.5. The van der Waals surface area contributed by atoms with Crippen LogP contribution in [0, 0.1) is 0 Å². The standard InChI is InChI=1S/C23H23F3N6O2/c1-33-18-8-7-15(11-19(18)34-2)12-21-29-22(27)30-32(21)20-9-10-31(14-28-20)13-16-5-3-4-6-17(16)23(24,25)26/h3-11H,12-14H2,1-2H3,(H2,27,30). The van der Waals surface area contributed by atoms with E-state index in [1.54, 1.807) is 43.5 Å². The van der Waals surface area contributed by atoms with Gasteiger partial charge in [0.15, 0.2) is 17.3 Å². The summed E-state index contributed by atoms with van der Waals surface area (Å²) in [6.45, 7) is 0.231. The third-order valence-electron chi connectivity index (χ3n) is 5.26. The molecule has 0 fully saturated rings. The first-order chi connectivity index (χ1) is 16.3. The fourth-order valence-electron chi connectivity index (χ4n) is 3.66. The number of benzene rings is 2. The number of nitrogens with zero attached hydrogens (tertiary/aromatic N) is 5. The highest BCUT2D eigenvalue weighted by atomic mass is 19.4. The summed E-state index contributed by atoms with van der Waals surface area (Å²) >= 11 is 0. The molecule has 2 N–H and O–H groups in total. The molecule has 2 heterocycles. The highest BCUT2D eigenvalue weighted by Crippen LogP contribution is 2.32. The Labute approximate surface area is 194 Å². The number of rotatable bonds is 6. The van der Waals surface area contributed by atoms with Crippen LogP contribution in [0.25, 0.3) is 0 Å². The SMILES string of the molecule is COc1ccc(Cc2nc(N)nn2C2=NCN(Cc3ccccc3C(F)(F)F)C=C2)cc1OC. The van der Waals surface area contributed by atoms with Crippen molar-refractivity contribution < 1.29 is 22.6 Å². The summed E-state index contributed by atoms with van der Waals surface area (Å²) in [7, 11) is 3.12. The summed E-state index contributed by atoms with van der Waals surface area (Å²) < 4.78 is 52.0. The van der Waals surface area contributed by atoms with Gasteiger partial charge >= 0.3 is 6.18 Å². The van der Waals surface area contributed by atoms with E-state index in [1.807, 2.05) is 12.1 Å². The summed E-state index contributed by atoms with van der Waals surface area (Å²) in [5.41, 5.74) is 6.27. The van der Waals surface area contributed by atoms with Crippen LogP contribution >= 0.6 is 0 Å². The molecule has 4 rings (SSSR count). The van der Waals surface area contributed by atoms with Gasteiger partial charge in [-0.05, 0) is 35.4 Å². The number of hydrogen-bond donors (Lipinski definition) is 1. The zero-order valence-corrected chi connectivity index (χ0v) is 18.6. The van der Waals surface area contributed by atoms with E-state index in [2.05, 4.69) is 15.1 Å². The van der Waals surface area contributed by atoms with Crippen LogP contribution < -0.4 is 15.2 Å². The highest BCUT2D eigenvalue weighted by Gasteiger charge is 2.33. The summed E-state index contributed by atoms with van der Waals surface area (Å²) in [6.07, 6.45) is -0.651. The summed E-state index contributed by atoms with van der Waals surface area (Å²) in [6, 6.07) is 11.0. The molecule has 3 aromatic rings. The third-order valence-corrected chi connectivity index (χ3v) is 5.26. The maximum Gasteiger partial charge on any atom is 0.416 e. The first-order valence-electron chi connectivity index (χ1n) is 10.3. The number of aliphatic imine (C=N–C) groups is 1. The Morgan fingerprint density at radius 2 is 1.82 bits per heavy atom. The third kappa shape index (κ3) is 4.98. The molecule has 0 saturated carbocycles. The van der Waals surface area contributed by atoms with Crippen molar-refractivity contribution in [1.29, 1.82) is 0 Å². The second-order valence-corrected chi connectivity index (χ2v) is 7.54. The van der Waals surface area contributed by atoms with Crippen molar-refractivity contribution in [3.8, 4) is 11.5 Å². The van der Waals surface area contributed by atoms with Gasteiger partial charge in [-0.2, -0.15) is 22.8 Å². The molecule has 2 aromatic carbocycles. The average Bonchev–Trinajstić information content (AvgIpc) is 3.19. The molecular formula is C23H23F3N6O2. The molecule has 8 nitrogen and oxygen atoms in total. The minimum Gasteiger partial charge on any atom is -0.493 e. The van der Waals surface area contributed by atoms with Crippen molar-refractivity contribution in [3.05, 3.63) is 77.3 Å². The first-order valence-corrected chi connectivity index (χ1v) is 10.3. The number of anilines is 1. The predicted octanol–water partition coefficient (Wildman–Crippen LogP) is 3.72. The molecule has 1 aromatic heterocycles. The molecular weight excluding hydrogens is 449 g/mol. The second-order valence-electron chi connectivity index (χ2n) is 7.54. The molecule has 1 aliphatic rings. The Morgan fingerprint density at radius 1 is 1.06 bits per heavy atom. The van der Waals surface area contributed by atoms with Crippen LogP contribution in [0.2, 0.25) is 0 Å². The maximum atomic E-state index is 13.3. The van der Waals surface area contributed by atoms with Gasteiger partial charge in [0, 0.05) is 19.2 Å². The fourth-order valence-corrected chi connectivity index (χ4v) is 3.66. The van der Waals surface area contributed by atoms with Crippen molar-refractivity contribution in [2.24, 2.45) is 4.99 Å². The number of allylic oxidation sites excluding steroid dienone is 1. The van der Waals surface area contributed by atoms with Crippen molar-refractivity contribution >= 4 is 11.8 Å². The Hall–Kier alpha value is -4.02. The molecule has 0 saturated heterocycles. The van der Waals surface area contributed by atoms with Crippen LogP contribution in [0.3, 0.4) is 0 Å². The van der Waals surface area contributed by atoms with Gasteiger partial charge in [0.1, 0.15) is 12.5 Å². The van der Waals surface area contributed by atoms with E-state index in [-0.39, 0.29) is 24.7 Å². The van der Waals surface area contributed by atoms with Gasteiger partial charge < -0.3 is 20.1 Å². The largest absolute Gasteiger partial charge is 0.493 e. The van der Waals surface area contributed by atoms with Gasteiger partial charge in [0.05, 0.1) is 19.8 Å². The number of hydrogen-bond acceptors (Lipinski definition) is 7. The quantitative estimate of drug-likeness (QED) is 0.588. The van der Waals surface area contributed by atoms with Gasteiger partial charge in [-0.15, -0.1) is 5.10 Å². The Morgan fingerprint density at radius 3 is 2.50 bits per heavy atom. The predicted molar refractivity (Wildman–Crippen MR) is 121 cm³/mol. The lowest BCUT2D eigenvalue weighted by Crippen LogP contribution is -2.26.